The Labute approximate surface area is 302 Å². The first-order valence-corrected chi connectivity index (χ1v) is 17.6. The topological polar surface area (TPSA) is 111 Å². The van der Waals surface area contributed by atoms with Crippen LogP contribution in [0.5, 0.6) is 17.2 Å². The molecule has 3 aliphatic heterocycles. The third-order valence-corrected chi connectivity index (χ3v) is 8.61. The molecule has 0 bridgehead atoms. The molecule has 284 valence electrons. The summed E-state index contributed by atoms with van der Waals surface area (Å²) in [7, 11) is 3.28. The van der Waals surface area contributed by atoms with Crippen molar-refractivity contribution in [3.05, 3.63) is 53.6 Å². The van der Waals surface area contributed by atoms with E-state index in [1.807, 2.05) is 96.2 Å². The molecule has 3 fully saturated rings. The molecule has 0 N–H and O–H groups in total. The monoisotopic (exact) mass is 716 g/mol. The molecule has 0 radical (unpaired) electrons. The molecule has 0 spiro atoms. The summed E-state index contributed by atoms with van der Waals surface area (Å²) in [6.07, 6.45) is 3.49. The molecule has 0 aliphatic carbocycles. The molecule has 5 rings (SSSR count). The first-order valence-electron chi connectivity index (χ1n) is 17.6. The van der Waals surface area contributed by atoms with Gasteiger partial charge in [0.05, 0.1) is 79.1 Å². The molecule has 0 amide bonds. The first-order chi connectivity index (χ1) is 24.2. The second-order valence-electron chi connectivity index (χ2n) is 14.7. The maximum absolute atomic E-state index is 6.45. The van der Waals surface area contributed by atoms with Crippen LogP contribution in [-0.2, 0) is 42.6 Å². The van der Waals surface area contributed by atoms with Gasteiger partial charge in [0.25, 0.3) is 0 Å². The first kappa shape index (κ1) is 39.4. The van der Waals surface area contributed by atoms with Crippen molar-refractivity contribution in [3.8, 4) is 17.2 Å². The highest BCUT2D eigenvalue weighted by Gasteiger charge is 2.39. The van der Waals surface area contributed by atoms with Gasteiger partial charge in [0, 0.05) is 6.07 Å². The van der Waals surface area contributed by atoms with Crippen LogP contribution in [0.1, 0.15) is 52.7 Å². The van der Waals surface area contributed by atoms with Gasteiger partial charge in [-0.15, -0.1) is 0 Å². The van der Waals surface area contributed by atoms with Gasteiger partial charge >= 0.3 is 0 Å². The van der Waals surface area contributed by atoms with E-state index in [2.05, 4.69) is 0 Å². The SMILES string of the molecule is COc1cc(/C=C/c2ccc(OCC(COCC3COC(C)(C)O3)(COCC3COC(C)(C)O3)COCC3COC(C)(C)O3)cc2)cc(OC)c1. The van der Waals surface area contributed by atoms with Gasteiger partial charge in [0.15, 0.2) is 17.4 Å². The number of benzene rings is 2. The molecule has 3 saturated heterocycles. The van der Waals surface area contributed by atoms with Gasteiger partial charge in [-0.3, -0.25) is 0 Å². The van der Waals surface area contributed by atoms with E-state index in [1.54, 1.807) is 14.2 Å². The lowest BCUT2D eigenvalue weighted by Gasteiger charge is -2.34. The largest absolute Gasteiger partial charge is 0.497 e. The maximum Gasteiger partial charge on any atom is 0.163 e. The van der Waals surface area contributed by atoms with Crippen LogP contribution in [0.2, 0.25) is 0 Å². The van der Waals surface area contributed by atoms with E-state index in [1.165, 1.54) is 0 Å². The third-order valence-electron chi connectivity index (χ3n) is 8.61. The summed E-state index contributed by atoms with van der Waals surface area (Å²) in [5, 5.41) is 0. The molecule has 51 heavy (non-hydrogen) atoms. The van der Waals surface area contributed by atoms with Gasteiger partial charge in [-0.1, -0.05) is 24.3 Å². The summed E-state index contributed by atoms with van der Waals surface area (Å²) in [5.41, 5.74) is 1.28. The van der Waals surface area contributed by atoms with E-state index in [9.17, 15) is 0 Å². The van der Waals surface area contributed by atoms with Crippen molar-refractivity contribution in [1.82, 2.24) is 0 Å². The van der Waals surface area contributed by atoms with E-state index in [-0.39, 0.29) is 24.9 Å². The summed E-state index contributed by atoms with van der Waals surface area (Å²) >= 11 is 0. The predicted octanol–water partition coefficient (Wildman–Crippen LogP) is 5.74. The fourth-order valence-electron chi connectivity index (χ4n) is 6.04. The highest BCUT2D eigenvalue weighted by molar-refractivity contribution is 5.71. The van der Waals surface area contributed by atoms with Gasteiger partial charge in [-0.2, -0.15) is 0 Å². The summed E-state index contributed by atoms with van der Waals surface area (Å²) in [6, 6.07) is 13.7. The fraction of sp³-hybridized carbons (Fsp3) is 0.641. The lowest BCUT2D eigenvalue weighted by atomic mass is 9.92. The van der Waals surface area contributed by atoms with Crippen molar-refractivity contribution in [3.63, 3.8) is 0 Å². The summed E-state index contributed by atoms with van der Waals surface area (Å²) < 4.78 is 71.4. The van der Waals surface area contributed by atoms with Crippen LogP contribution in [0.3, 0.4) is 0 Å². The maximum atomic E-state index is 6.45. The van der Waals surface area contributed by atoms with Crippen LogP contribution in [0.4, 0.5) is 0 Å². The fourth-order valence-corrected chi connectivity index (χ4v) is 6.04. The Morgan fingerprint density at radius 3 is 1.35 bits per heavy atom. The van der Waals surface area contributed by atoms with Crippen molar-refractivity contribution in [1.29, 1.82) is 0 Å². The number of rotatable bonds is 19. The molecule has 3 atom stereocenters. The van der Waals surface area contributed by atoms with Crippen LogP contribution >= 0.6 is 0 Å². The number of methoxy groups -OCH3 is 2. The third kappa shape index (κ3) is 12.4. The second-order valence-corrected chi connectivity index (χ2v) is 14.7. The van der Waals surface area contributed by atoms with Gasteiger partial charge in [0.1, 0.15) is 42.2 Å². The summed E-state index contributed by atoms with van der Waals surface area (Å²) in [5.74, 6) is 0.237. The van der Waals surface area contributed by atoms with Gasteiger partial charge in [0.2, 0.25) is 0 Å². The van der Waals surface area contributed by atoms with Crippen LogP contribution in [-0.4, -0.2) is 116 Å². The Bertz CT molecular complexity index is 1300. The van der Waals surface area contributed by atoms with Gasteiger partial charge in [-0.05, 0) is 76.9 Å². The highest BCUT2D eigenvalue weighted by atomic mass is 16.8. The normalized spacial score (nSPS) is 24.9. The van der Waals surface area contributed by atoms with Crippen molar-refractivity contribution < 1.29 is 56.8 Å². The lowest BCUT2D eigenvalue weighted by Crippen LogP contribution is -2.44. The minimum Gasteiger partial charge on any atom is -0.497 e. The van der Waals surface area contributed by atoms with E-state index in [0.717, 1.165) is 22.6 Å². The molecule has 2 aromatic rings. The second kappa shape index (κ2) is 17.4. The molecule has 3 unspecified atom stereocenters. The molecule has 2 aromatic carbocycles. The lowest BCUT2D eigenvalue weighted by molar-refractivity contribution is -0.160. The van der Waals surface area contributed by atoms with E-state index in [0.29, 0.717) is 65.2 Å². The summed E-state index contributed by atoms with van der Waals surface area (Å²) in [4.78, 5) is 0. The molecule has 3 heterocycles. The van der Waals surface area contributed by atoms with Crippen molar-refractivity contribution in [2.24, 2.45) is 5.41 Å². The Morgan fingerprint density at radius 1 is 0.569 bits per heavy atom. The smallest absolute Gasteiger partial charge is 0.163 e. The molecule has 3 aliphatic rings. The zero-order chi connectivity index (χ0) is 36.5. The molecule has 12 nitrogen and oxygen atoms in total. The molecule has 0 saturated carbocycles. The van der Waals surface area contributed by atoms with Crippen LogP contribution < -0.4 is 14.2 Å². The summed E-state index contributed by atoms with van der Waals surface area (Å²) in [6.45, 7) is 15.0. The van der Waals surface area contributed by atoms with Crippen LogP contribution in [0.25, 0.3) is 12.2 Å². The number of ether oxygens (including phenoxy) is 12. The predicted molar refractivity (Wildman–Crippen MR) is 190 cm³/mol. The average Bonchev–Trinajstić information content (AvgIpc) is 3.76. The van der Waals surface area contributed by atoms with Crippen LogP contribution in [0, 0.1) is 5.41 Å². The molecular weight excluding hydrogens is 660 g/mol. The molecular formula is C39H56O12. The molecule has 12 heteroatoms. The van der Waals surface area contributed by atoms with E-state index in [4.69, 9.17) is 56.8 Å². The Hall–Kier alpha value is -2.78. The minimum atomic E-state index is -0.692. The highest BCUT2D eigenvalue weighted by Crippen LogP contribution is 2.29. The number of hydrogen-bond donors (Lipinski definition) is 0. The molecule has 0 aromatic heterocycles. The van der Waals surface area contributed by atoms with Gasteiger partial charge < -0.3 is 56.8 Å². The average molecular weight is 717 g/mol. The zero-order valence-electron chi connectivity index (χ0n) is 31.4. The Kier molecular flexibility index (Phi) is 13.4. The minimum absolute atomic E-state index is 0.184. The van der Waals surface area contributed by atoms with Gasteiger partial charge in [-0.25, -0.2) is 0 Å². The van der Waals surface area contributed by atoms with Crippen LogP contribution in [0.15, 0.2) is 42.5 Å². The van der Waals surface area contributed by atoms with Crippen molar-refractivity contribution in [2.75, 3.05) is 80.3 Å². The quantitative estimate of drug-likeness (QED) is 0.165. The van der Waals surface area contributed by atoms with E-state index < -0.39 is 22.8 Å². The Morgan fingerprint density at radius 2 is 0.980 bits per heavy atom. The van der Waals surface area contributed by atoms with E-state index >= 15 is 0 Å². The standard InChI is InChI=1S/C39H56O12/c1-36(2)46-21-33(49-36)18-42-24-39(25-43-19-34-22-47-37(3,4)50-34,26-44-20-35-23-48-38(5,6)51-35)27-45-30-13-11-28(12-14-30)9-10-29-15-31(40-7)17-32(16-29)41-8/h9-17,33-35H,18-27H2,1-8H3/b10-9+. The Balaban J connectivity index is 1.27. The van der Waals surface area contributed by atoms with Crippen molar-refractivity contribution >= 4 is 12.2 Å². The zero-order valence-corrected chi connectivity index (χ0v) is 31.4. The van der Waals surface area contributed by atoms with Crippen molar-refractivity contribution in [2.45, 2.75) is 77.2 Å². The number of hydrogen-bond acceptors (Lipinski definition) is 12.